The lowest BCUT2D eigenvalue weighted by Crippen LogP contribution is -2.36. The summed E-state index contributed by atoms with van der Waals surface area (Å²) < 4.78 is 45.1. The molecule has 0 aliphatic heterocycles. The molecule has 0 aromatic heterocycles. The third-order valence-corrected chi connectivity index (χ3v) is 3.99. The number of carbonyl (C=O) groups excluding carboxylic acids is 1. The van der Waals surface area contributed by atoms with Gasteiger partial charge in [0.1, 0.15) is 24.5 Å². The number of amidine groups is 1. The van der Waals surface area contributed by atoms with Crippen LogP contribution in [0.25, 0.3) is 0 Å². The van der Waals surface area contributed by atoms with Crippen LogP contribution in [0.2, 0.25) is 0 Å². The molecule has 0 unspecified atom stereocenters. The molecule has 0 bridgehead atoms. The van der Waals surface area contributed by atoms with E-state index in [1.54, 1.807) is 31.2 Å². The molecule has 2 aromatic rings. The first kappa shape index (κ1) is 26.3. The number of thiocarbonyl (C=S) groups is 1. The number of hydrogen-bond donors (Lipinski definition) is 3. The Kier molecular flexibility index (Phi) is 9.95. The molecule has 0 aliphatic rings. The minimum Gasteiger partial charge on any atom is -0.465 e. The summed E-state index contributed by atoms with van der Waals surface area (Å²) in [6, 6.07) is 11.9. The van der Waals surface area contributed by atoms with Crippen LogP contribution in [0.3, 0.4) is 0 Å². The fourth-order valence-electron chi connectivity index (χ4n) is 2.28. The highest BCUT2D eigenvalue weighted by atomic mass is 32.1. The number of nitrogens with one attached hydrogen (secondary N) is 2. The van der Waals surface area contributed by atoms with Gasteiger partial charge in [0.05, 0.1) is 18.5 Å². The predicted molar refractivity (Wildman–Crippen MR) is 126 cm³/mol. The van der Waals surface area contributed by atoms with E-state index in [9.17, 15) is 18.0 Å². The van der Waals surface area contributed by atoms with E-state index >= 15 is 0 Å². The number of hydrazone groups is 1. The molecule has 9 nitrogen and oxygen atoms in total. The molecule has 0 aliphatic carbocycles. The van der Waals surface area contributed by atoms with Gasteiger partial charge in [-0.3, -0.25) is 10.2 Å². The van der Waals surface area contributed by atoms with Crippen LogP contribution >= 0.6 is 12.2 Å². The maximum Gasteiger partial charge on any atom is 0.573 e. The Balaban J connectivity index is 1.85. The van der Waals surface area contributed by atoms with Crippen molar-refractivity contribution in [3.8, 4) is 5.75 Å². The second-order valence-corrected chi connectivity index (χ2v) is 6.69. The van der Waals surface area contributed by atoms with Gasteiger partial charge < -0.3 is 20.5 Å². The van der Waals surface area contributed by atoms with Crippen LogP contribution in [-0.4, -0.2) is 49.0 Å². The predicted octanol–water partition coefficient (Wildman–Crippen LogP) is 3.01. The van der Waals surface area contributed by atoms with Crippen molar-refractivity contribution in [2.75, 3.05) is 13.2 Å². The number of benzene rings is 2. The zero-order chi connectivity index (χ0) is 25.0. The average molecular weight is 494 g/mol. The molecule has 0 spiro atoms. The van der Waals surface area contributed by atoms with Gasteiger partial charge >= 0.3 is 12.3 Å². The highest BCUT2D eigenvalue weighted by Gasteiger charge is 2.30. The van der Waals surface area contributed by atoms with Crippen molar-refractivity contribution in [1.82, 2.24) is 10.7 Å². The van der Waals surface area contributed by atoms with Gasteiger partial charge in [0.15, 0.2) is 5.11 Å². The molecule has 4 N–H and O–H groups in total. The Labute approximate surface area is 198 Å². The van der Waals surface area contributed by atoms with E-state index in [1.807, 2.05) is 0 Å². The number of carbonyl (C=O) groups is 1. The molecular weight excluding hydrogens is 473 g/mol. The zero-order valence-electron chi connectivity index (χ0n) is 17.9. The van der Waals surface area contributed by atoms with E-state index < -0.39 is 12.3 Å². The molecule has 0 radical (unpaired) electrons. The first-order valence-electron chi connectivity index (χ1n) is 9.71. The zero-order valence-corrected chi connectivity index (χ0v) is 18.7. The average Bonchev–Trinajstić information content (AvgIpc) is 2.78. The van der Waals surface area contributed by atoms with Crippen LogP contribution < -0.4 is 21.2 Å². The molecular formula is C21H21F3N6O3S. The van der Waals surface area contributed by atoms with Gasteiger partial charge in [-0.2, -0.15) is 5.10 Å². The van der Waals surface area contributed by atoms with Crippen LogP contribution in [0.15, 0.2) is 63.6 Å². The van der Waals surface area contributed by atoms with Crippen LogP contribution in [-0.2, 0) is 9.53 Å². The molecule has 180 valence electrons. The molecule has 0 atom stereocenters. The lowest BCUT2D eigenvalue weighted by atomic mass is 10.1. The Hall–Kier alpha value is -4.00. The number of nitrogens with two attached hydrogens (primary N) is 1. The fraction of sp³-hybridized carbons (Fsp3) is 0.190. The summed E-state index contributed by atoms with van der Waals surface area (Å²) in [7, 11) is 0. The lowest BCUT2D eigenvalue weighted by Gasteiger charge is -2.08. The molecule has 2 aromatic carbocycles. The standard InChI is InChI=1S/C21H21F3N6O3S/c1-2-32-18(31)12-26-20(34)30-29-11-14-3-5-15(6-4-14)19(25)28-13-27-16-7-9-17(10-8-16)33-21(22,23)24/h3-11,13H,2,12H2,1H3,(H2,25,27,28)(H2,26,30,34)/b29-11-. The van der Waals surface area contributed by atoms with Gasteiger partial charge in [-0.05, 0) is 49.0 Å². The van der Waals surface area contributed by atoms with Crippen LogP contribution in [0.5, 0.6) is 5.75 Å². The quantitative estimate of drug-likeness (QED) is 0.161. The Morgan fingerprint density at radius 1 is 1.15 bits per heavy atom. The van der Waals surface area contributed by atoms with E-state index in [0.29, 0.717) is 11.3 Å². The number of halogens is 3. The topological polar surface area (TPSA) is 123 Å². The van der Waals surface area contributed by atoms with Crippen molar-refractivity contribution in [3.05, 3.63) is 59.7 Å². The van der Waals surface area contributed by atoms with Crippen molar-refractivity contribution in [2.24, 2.45) is 20.8 Å². The summed E-state index contributed by atoms with van der Waals surface area (Å²) in [6.45, 7) is 1.93. The van der Waals surface area contributed by atoms with E-state index in [4.69, 9.17) is 22.7 Å². The molecule has 0 heterocycles. The SMILES string of the molecule is CCOC(=O)CNC(=S)N/N=C\c1ccc(C(N)=NC=Nc2ccc(OC(F)(F)F)cc2)cc1. The number of ether oxygens (including phenoxy) is 2. The van der Waals surface area contributed by atoms with Gasteiger partial charge in [0, 0.05) is 5.56 Å². The Morgan fingerprint density at radius 3 is 2.44 bits per heavy atom. The number of esters is 1. The molecule has 0 amide bonds. The van der Waals surface area contributed by atoms with E-state index in [-0.39, 0.29) is 29.8 Å². The van der Waals surface area contributed by atoms with Gasteiger partial charge in [0.2, 0.25) is 0 Å². The van der Waals surface area contributed by atoms with Crippen molar-refractivity contribution in [2.45, 2.75) is 13.3 Å². The second kappa shape index (κ2) is 12.9. The minimum absolute atomic E-state index is 0.0659. The maximum atomic E-state index is 12.2. The van der Waals surface area contributed by atoms with E-state index in [0.717, 1.165) is 17.7 Å². The van der Waals surface area contributed by atoms with Gasteiger partial charge in [-0.1, -0.05) is 24.3 Å². The van der Waals surface area contributed by atoms with Crippen molar-refractivity contribution in [3.63, 3.8) is 0 Å². The van der Waals surface area contributed by atoms with Crippen LogP contribution in [0, 0.1) is 0 Å². The van der Waals surface area contributed by atoms with Gasteiger partial charge in [-0.15, -0.1) is 13.2 Å². The van der Waals surface area contributed by atoms with Crippen LogP contribution in [0.1, 0.15) is 18.1 Å². The summed E-state index contributed by atoms with van der Waals surface area (Å²) in [4.78, 5) is 19.3. The summed E-state index contributed by atoms with van der Waals surface area (Å²) in [5.41, 5.74) is 10.2. The third-order valence-electron chi connectivity index (χ3n) is 3.76. The number of nitrogens with zero attached hydrogens (tertiary/aromatic N) is 3. The smallest absolute Gasteiger partial charge is 0.465 e. The number of hydrogen-bond acceptors (Lipinski definition) is 6. The summed E-state index contributed by atoms with van der Waals surface area (Å²) in [5.74, 6) is -0.584. The molecule has 0 fully saturated rings. The monoisotopic (exact) mass is 494 g/mol. The first-order chi connectivity index (χ1) is 16.2. The molecule has 2 rings (SSSR count). The van der Waals surface area contributed by atoms with E-state index in [1.165, 1.54) is 24.7 Å². The number of rotatable bonds is 9. The first-order valence-corrected chi connectivity index (χ1v) is 10.1. The fourth-order valence-corrected chi connectivity index (χ4v) is 2.40. The normalized spacial score (nSPS) is 12.1. The lowest BCUT2D eigenvalue weighted by molar-refractivity contribution is -0.274. The summed E-state index contributed by atoms with van der Waals surface area (Å²) in [6.07, 6.45) is -2.04. The maximum absolute atomic E-state index is 12.2. The highest BCUT2D eigenvalue weighted by Crippen LogP contribution is 2.24. The molecule has 34 heavy (non-hydrogen) atoms. The second-order valence-electron chi connectivity index (χ2n) is 6.28. The third kappa shape index (κ3) is 10.1. The van der Waals surface area contributed by atoms with Crippen LogP contribution in [0.4, 0.5) is 18.9 Å². The molecule has 0 saturated carbocycles. The van der Waals surface area contributed by atoms with Crippen molar-refractivity contribution < 1.29 is 27.4 Å². The van der Waals surface area contributed by atoms with Crippen molar-refractivity contribution in [1.29, 1.82) is 0 Å². The molecule has 13 heteroatoms. The minimum atomic E-state index is -4.75. The van der Waals surface area contributed by atoms with Gasteiger partial charge in [0.25, 0.3) is 0 Å². The van der Waals surface area contributed by atoms with Gasteiger partial charge in [-0.25, -0.2) is 9.98 Å². The summed E-state index contributed by atoms with van der Waals surface area (Å²) >= 11 is 4.99. The van der Waals surface area contributed by atoms with E-state index in [2.05, 4.69) is 30.6 Å². The summed E-state index contributed by atoms with van der Waals surface area (Å²) in [5, 5.41) is 6.79. The number of aliphatic imine (C=N–C) groups is 2. The Bertz CT molecular complexity index is 1050. The number of alkyl halides is 3. The molecule has 0 saturated heterocycles. The van der Waals surface area contributed by atoms with Crippen molar-refractivity contribution >= 4 is 47.4 Å². The largest absolute Gasteiger partial charge is 0.573 e. The highest BCUT2D eigenvalue weighted by molar-refractivity contribution is 7.80. The Morgan fingerprint density at radius 2 is 1.82 bits per heavy atom.